The molecule has 2 N–H and O–H groups in total. The van der Waals surface area contributed by atoms with Crippen LogP contribution in [0.4, 0.5) is 44.2 Å². The van der Waals surface area contributed by atoms with Gasteiger partial charge in [0.15, 0.2) is 17.4 Å². The van der Waals surface area contributed by atoms with E-state index in [1.165, 1.54) is 37.8 Å². The molecule has 0 aliphatic heterocycles. The summed E-state index contributed by atoms with van der Waals surface area (Å²) < 4.78 is 105. The first kappa shape index (κ1) is 29.9. The second-order valence-electron chi connectivity index (χ2n) is 8.09. The predicted octanol–water partition coefficient (Wildman–Crippen LogP) is 5.00. The molecular formula is C25H19F5N6O5S. The SMILES string of the molecule is CNC(=O)N(c1cc(F)c(-c2ccc(F)c(OC(F)(F)F)c2)cc1OC)c1ncccc1S(=O)(=O)Nc1ncccn1. The normalized spacial score (nSPS) is 11.5. The third-order valence-electron chi connectivity index (χ3n) is 5.44. The minimum Gasteiger partial charge on any atom is -0.495 e. The molecule has 42 heavy (non-hydrogen) atoms. The van der Waals surface area contributed by atoms with Gasteiger partial charge in [0.2, 0.25) is 5.95 Å². The first-order valence-electron chi connectivity index (χ1n) is 11.5. The monoisotopic (exact) mass is 610 g/mol. The molecule has 2 aromatic heterocycles. The van der Waals surface area contributed by atoms with Gasteiger partial charge in [0, 0.05) is 37.3 Å². The van der Waals surface area contributed by atoms with Gasteiger partial charge in [-0.1, -0.05) is 6.07 Å². The van der Waals surface area contributed by atoms with E-state index in [2.05, 4.69) is 29.7 Å². The second kappa shape index (κ2) is 11.8. The van der Waals surface area contributed by atoms with Gasteiger partial charge in [-0.05, 0) is 42.0 Å². The number of carbonyl (C=O) groups is 1. The van der Waals surface area contributed by atoms with Crippen LogP contribution in [-0.2, 0) is 10.0 Å². The van der Waals surface area contributed by atoms with Crippen molar-refractivity contribution in [2.75, 3.05) is 23.8 Å². The van der Waals surface area contributed by atoms with Crippen LogP contribution in [0, 0.1) is 11.6 Å². The van der Waals surface area contributed by atoms with Crippen molar-refractivity contribution >= 4 is 33.5 Å². The summed E-state index contributed by atoms with van der Waals surface area (Å²) in [6.07, 6.45) is -1.45. The highest BCUT2D eigenvalue weighted by Gasteiger charge is 2.33. The first-order chi connectivity index (χ1) is 19.8. The molecule has 0 saturated heterocycles. The molecule has 2 heterocycles. The molecule has 17 heteroatoms. The van der Waals surface area contributed by atoms with Crippen LogP contribution >= 0.6 is 0 Å². The van der Waals surface area contributed by atoms with Gasteiger partial charge < -0.3 is 14.8 Å². The lowest BCUT2D eigenvalue weighted by atomic mass is 10.0. The standard InChI is InChI=1S/C25H19F5N6O5S/c1-31-24(37)36(22-21(5-3-8-32-22)42(38,39)35-23-33-9-4-10-34-23)18-13-17(27)15(12-20(18)40-2)14-6-7-16(26)19(11-14)41-25(28,29)30/h3-13H,1-2H3,(H,31,37)(H,33,34,35). The van der Waals surface area contributed by atoms with E-state index >= 15 is 4.39 Å². The summed E-state index contributed by atoms with van der Waals surface area (Å²) in [5, 5.41) is 2.31. The average molecular weight is 611 g/mol. The highest BCUT2D eigenvalue weighted by atomic mass is 32.2. The van der Waals surface area contributed by atoms with Crippen molar-refractivity contribution in [2.24, 2.45) is 0 Å². The van der Waals surface area contributed by atoms with Gasteiger partial charge in [0.1, 0.15) is 16.5 Å². The maximum Gasteiger partial charge on any atom is 0.573 e. The third-order valence-corrected chi connectivity index (χ3v) is 6.79. The Morgan fingerprint density at radius 3 is 2.26 bits per heavy atom. The number of hydrogen-bond donors (Lipinski definition) is 2. The summed E-state index contributed by atoms with van der Waals surface area (Å²) >= 11 is 0. The number of nitrogens with one attached hydrogen (secondary N) is 2. The molecule has 220 valence electrons. The Labute approximate surface area is 235 Å². The fourth-order valence-electron chi connectivity index (χ4n) is 3.69. The predicted molar refractivity (Wildman–Crippen MR) is 139 cm³/mol. The molecule has 0 bridgehead atoms. The number of urea groups is 1. The molecule has 2 amide bonds. The molecule has 4 aromatic rings. The maximum absolute atomic E-state index is 15.5. The van der Waals surface area contributed by atoms with E-state index in [0.29, 0.717) is 12.1 Å². The Hall–Kier alpha value is -5.06. The van der Waals surface area contributed by atoms with Crippen LogP contribution in [-0.4, -0.2) is 49.9 Å². The van der Waals surface area contributed by atoms with Crippen LogP contribution in [0.15, 0.2) is 72.0 Å². The third kappa shape index (κ3) is 6.46. The highest BCUT2D eigenvalue weighted by molar-refractivity contribution is 7.92. The average Bonchev–Trinajstić information content (AvgIpc) is 2.94. The molecule has 11 nitrogen and oxygen atoms in total. The largest absolute Gasteiger partial charge is 0.573 e. The van der Waals surface area contributed by atoms with Gasteiger partial charge in [-0.2, -0.15) is 0 Å². The number of aromatic nitrogens is 3. The Balaban J connectivity index is 1.85. The van der Waals surface area contributed by atoms with Gasteiger partial charge in [-0.3, -0.25) is 0 Å². The fraction of sp³-hybridized carbons (Fsp3) is 0.120. The number of halogens is 5. The Kier molecular flexibility index (Phi) is 8.41. The van der Waals surface area contributed by atoms with Crippen molar-refractivity contribution in [3.8, 4) is 22.6 Å². The number of sulfonamides is 1. The number of amides is 2. The van der Waals surface area contributed by atoms with Crippen LogP contribution in [0.25, 0.3) is 11.1 Å². The number of hydrogen-bond acceptors (Lipinski definition) is 8. The van der Waals surface area contributed by atoms with E-state index in [1.807, 2.05) is 0 Å². The number of methoxy groups -OCH3 is 1. The molecule has 0 atom stereocenters. The minimum atomic E-state index is -5.21. The topological polar surface area (TPSA) is 136 Å². The van der Waals surface area contributed by atoms with Gasteiger partial charge in [0.05, 0.1) is 12.8 Å². The van der Waals surface area contributed by atoms with Crippen molar-refractivity contribution in [1.82, 2.24) is 20.3 Å². The molecule has 0 unspecified atom stereocenters. The molecular weight excluding hydrogens is 591 g/mol. The van der Waals surface area contributed by atoms with E-state index < -0.39 is 50.5 Å². The van der Waals surface area contributed by atoms with Gasteiger partial charge in [-0.15, -0.1) is 13.2 Å². The number of alkyl halides is 3. The number of pyridine rings is 1. The van der Waals surface area contributed by atoms with E-state index in [9.17, 15) is 30.8 Å². The van der Waals surface area contributed by atoms with Crippen LogP contribution in [0.5, 0.6) is 11.5 Å². The molecule has 0 radical (unpaired) electrons. The summed E-state index contributed by atoms with van der Waals surface area (Å²) in [5.74, 6) is -4.63. The Morgan fingerprint density at radius 1 is 0.929 bits per heavy atom. The van der Waals surface area contributed by atoms with Crippen molar-refractivity contribution < 1.29 is 44.6 Å². The van der Waals surface area contributed by atoms with Crippen LogP contribution in [0.2, 0.25) is 0 Å². The number of rotatable bonds is 8. The minimum absolute atomic E-state index is 0.224. The zero-order valence-corrected chi connectivity index (χ0v) is 22.3. The fourth-order valence-corrected chi connectivity index (χ4v) is 4.79. The van der Waals surface area contributed by atoms with E-state index in [-0.39, 0.29) is 28.5 Å². The van der Waals surface area contributed by atoms with Crippen molar-refractivity contribution in [3.05, 3.63) is 78.8 Å². The van der Waals surface area contributed by atoms with Crippen molar-refractivity contribution in [2.45, 2.75) is 11.3 Å². The highest BCUT2D eigenvalue weighted by Crippen LogP contribution is 2.41. The summed E-state index contributed by atoms with van der Waals surface area (Å²) in [6.45, 7) is 0. The molecule has 0 saturated carbocycles. The number of benzene rings is 2. The number of ether oxygens (including phenoxy) is 2. The number of anilines is 3. The lowest BCUT2D eigenvalue weighted by molar-refractivity contribution is -0.275. The molecule has 0 fully saturated rings. The first-order valence-corrected chi connectivity index (χ1v) is 13.0. The molecule has 0 spiro atoms. The van der Waals surface area contributed by atoms with E-state index in [0.717, 1.165) is 36.3 Å². The van der Waals surface area contributed by atoms with E-state index in [4.69, 9.17) is 4.74 Å². The smallest absolute Gasteiger partial charge is 0.495 e. The zero-order chi connectivity index (χ0) is 30.7. The summed E-state index contributed by atoms with van der Waals surface area (Å²) in [7, 11) is -2.11. The Morgan fingerprint density at radius 2 is 1.62 bits per heavy atom. The van der Waals surface area contributed by atoms with Crippen LogP contribution in [0.1, 0.15) is 0 Å². The van der Waals surface area contributed by atoms with Crippen molar-refractivity contribution in [1.29, 1.82) is 0 Å². The number of nitrogens with zero attached hydrogens (tertiary/aromatic N) is 4. The second-order valence-corrected chi connectivity index (χ2v) is 9.74. The van der Waals surface area contributed by atoms with Crippen LogP contribution in [0.3, 0.4) is 0 Å². The lowest BCUT2D eigenvalue weighted by Gasteiger charge is -2.25. The van der Waals surface area contributed by atoms with Gasteiger partial charge >= 0.3 is 12.4 Å². The Bertz CT molecular complexity index is 1730. The molecule has 2 aromatic carbocycles. The van der Waals surface area contributed by atoms with Crippen LogP contribution < -0.4 is 24.4 Å². The van der Waals surface area contributed by atoms with Gasteiger partial charge in [0.25, 0.3) is 10.0 Å². The summed E-state index contributed by atoms with van der Waals surface area (Å²) in [5.41, 5.74) is -0.910. The quantitative estimate of drug-likeness (QED) is 0.266. The van der Waals surface area contributed by atoms with Gasteiger partial charge in [-0.25, -0.2) is 46.6 Å². The lowest BCUT2D eigenvalue weighted by Crippen LogP contribution is -2.36. The molecule has 0 aliphatic carbocycles. The molecule has 0 aliphatic rings. The summed E-state index contributed by atoms with van der Waals surface area (Å²) in [6, 6.07) is 7.00. The van der Waals surface area contributed by atoms with E-state index in [1.54, 1.807) is 0 Å². The molecule has 4 rings (SSSR count). The zero-order valence-electron chi connectivity index (χ0n) is 21.5. The maximum atomic E-state index is 15.5. The number of carbonyl (C=O) groups excluding carboxylic acids is 1. The van der Waals surface area contributed by atoms with Crippen molar-refractivity contribution in [3.63, 3.8) is 0 Å². The summed E-state index contributed by atoms with van der Waals surface area (Å²) in [4.78, 5) is 24.9.